The van der Waals surface area contributed by atoms with E-state index in [-0.39, 0.29) is 133 Å². The van der Waals surface area contributed by atoms with E-state index in [1.807, 2.05) is 121 Å². The van der Waals surface area contributed by atoms with Crippen molar-refractivity contribution < 1.29 is 78.7 Å². The molecule has 0 saturated carbocycles. The van der Waals surface area contributed by atoms with Crippen LogP contribution in [0.4, 0.5) is 0 Å². The van der Waals surface area contributed by atoms with Crippen LogP contribution in [0.2, 0.25) is 0 Å². The number of nitrogens with zero attached hydrogens (tertiary/aromatic N) is 8. The van der Waals surface area contributed by atoms with Crippen molar-refractivity contribution in [3.63, 3.8) is 0 Å². The number of aromatic hydroxyl groups is 8. The first kappa shape index (κ1) is 106. The van der Waals surface area contributed by atoms with Crippen molar-refractivity contribution in [2.45, 2.75) is 209 Å². The molecule has 16 aromatic rings. The smallest absolute Gasteiger partial charge is 0.167 e. The number of hydrogen-bond acceptors (Lipinski definition) is 24. The third kappa shape index (κ3) is 29.1. The summed E-state index contributed by atoms with van der Waals surface area (Å²) in [5.41, 5.74) is 4.82. The van der Waals surface area contributed by atoms with Gasteiger partial charge in [-0.3, -0.25) is 19.9 Å². The summed E-state index contributed by atoms with van der Waals surface area (Å²) in [5.74, 6) is -0.602. The van der Waals surface area contributed by atoms with Crippen LogP contribution in [-0.4, -0.2) is 134 Å². The van der Waals surface area contributed by atoms with Gasteiger partial charge in [0.2, 0.25) is 0 Å². The Morgan fingerprint density at radius 2 is 0.354 bits per heavy atom. The molecule has 0 radical (unpaired) electrons. The summed E-state index contributed by atoms with van der Waals surface area (Å²) >= 11 is 0. The van der Waals surface area contributed by atoms with Gasteiger partial charge in [0.15, 0.2) is 69.0 Å². The fourth-order valence-electron chi connectivity index (χ4n) is 16.2. The quantitative estimate of drug-likeness (QED) is 0.0130. The van der Waals surface area contributed by atoms with Gasteiger partial charge in [-0.05, 0) is 87.8 Å². The molecule has 8 bridgehead atoms. The Bertz CT molecular complexity index is 6210. The lowest BCUT2D eigenvalue weighted by Gasteiger charge is -2.14. The zero-order chi connectivity index (χ0) is 101. The minimum atomic E-state index is -0.544. The summed E-state index contributed by atoms with van der Waals surface area (Å²) in [7, 11) is 0. The van der Waals surface area contributed by atoms with Crippen LogP contribution in [0.15, 0.2) is 243 Å². The highest BCUT2D eigenvalue weighted by atomic mass is 16.5. The van der Waals surface area contributed by atoms with E-state index >= 15 is 0 Å². The molecule has 0 spiro atoms. The van der Waals surface area contributed by atoms with Crippen molar-refractivity contribution in [1.29, 1.82) is 0 Å². The first-order chi connectivity index (χ1) is 70.4. The molecule has 752 valence electrons. The third-order valence-corrected chi connectivity index (χ3v) is 24.4. The van der Waals surface area contributed by atoms with Crippen molar-refractivity contribution >= 4 is 87.2 Å². The lowest BCUT2D eigenvalue weighted by Crippen LogP contribution is -2.03. The summed E-state index contributed by atoms with van der Waals surface area (Å²) in [4.78, 5) is 42.5. The Morgan fingerprint density at radius 3 is 0.521 bits per heavy atom. The van der Waals surface area contributed by atoms with E-state index in [4.69, 9.17) is 77.8 Å². The molecule has 0 fully saturated rings. The molecule has 4 heterocycles. The molecule has 0 saturated heterocycles. The number of hydrogen-bond donors (Lipinski definition) is 8. The molecule has 0 aliphatic rings. The van der Waals surface area contributed by atoms with Crippen LogP contribution in [0.1, 0.15) is 209 Å². The zero-order valence-corrected chi connectivity index (χ0v) is 84.1. The van der Waals surface area contributed by atoms with Gasteiger partial charge in [-0.2, -0.15) is 0 Å². The Hall–Kier alpha value is -15.2. The molecule has 0 unspecified atom stereocenters. The Balaban J connectivity index is 1.23. The maximum Gasteiger partial charge on any atom is 0.167 e. The van der Waals surface area contributed by atoms with E-state index in [1.54, 1.807) is 84.9 Å². The molecule has 0 aliphatic carbocycles. The summed E-state index contributed by atoms with van der Waals surface area (Å²) in [6, 6.07) is 63.1. The minimum absolute atomic E-state index is 0.0926. The van der Waals surface area contributed by atoms with E-state index in [0.29, 0.717) is 121 Å². The van der Waals surface area contributed by atoms with Crippen LogP contribution >= 0.6 is 0 Å². The van der Waals surface area contributed by atoms with Crippen molar-refractivity contribution in [2.24, 2.45) is 0 Å². The molecule has 144 heavy (non-hydrogen) atoms. The number of ether oxygens (including phenoxy) is 8. The van der Waals surface area contributed by atoms with E-state index in [0.717, 1.165) is 154 Å². The zero-order valence-electron chi connectivity index (χ0n) is 84.1. The van der Waals surface area contributed by atoms with Gasteiger partial charge in [0.05, 0.1) is 120 Å². The predicted octanol–water partition coefficient (Wildman–Crippen LogP) is 30.2. The van der Waals surface area contributed by atoms with Crippen molar-refractivity contribution in [1.82, 2.24) is 39.9 Å². The standard InChI is InChI=1S/C120H136N8O16/c1-9-17-37-57-137-105-67-93-97(71-109(105)141-61-41-21-13-5)125-113(81-45-29-25-30-46-81)89-65-90(102(130)75-101(89)129)114(82-47-31-26-32-48-82)126-98-72-110(142-62-42-22-14-6)107(139-59-39-19-11-3)69-95(98)123-79-87-55-56-88(120(136)119(87)135)80-124-96-70-108(140-60-40-20-12-4)112(144-64-44-24-16-8)74-100(96)128-116(84-51-35-28-36-52-84)92-66-91(103(131)76-104(92)132)115(83-49-33-27-34-50-83)127-99-73-111(143-63-43-23-15-7)106(138-58-38-18-10-2)68-94(99)122-78-86-54-53-85(77-121-93)117(133)118(86)134/h25-36,45-56,65-80,129-136H,9-24,37-44,57-64H2,1-8H3. The molecular weight excluding hydrogens is 1810 g/mol. The van der Waals surface area contributed by atoms with E-state index in [1.165, 1.54) is 36.9 Å². The molecule has 24 heteroatoms. The van der Waals surface area contributed by atoms with Crippen LogP contribution in [0.3, 0.4) is 0 Å². The highest BCUT2D eigenvalue weighted by Crippen LogP contribution is 2.45. The fourth-order valence-corrected chi connectivity index (χ4v) is 16.2. The van der Waals surface area contributed by atoms with Gasteiger partial charge < -0.3 is 78.7 Å². The van der Waals surface area contributed by atoms with Gasteiger partial charge >= 0.3 is 0 Å². The second-order valence-corrected chi connectivity index (χ2v) is 35.6. The van der Waals surface area contributed by atoms with Crippen LogP contribution in [0.25, 0.3) is 132 Å². The normalized spacial score (nSPS) is 11.1. The van der Waals surface area contributed by atoms with Gasteiger partial charge in [-0.15, -0.1) is 0 Å². The number of unbranched alkanes of at least 4 members (excludes halogenated alkanes) is 16. The van der Waals surface area contributed by atoms with Crippen molar-refractivity contribution in [3.8, 4) is 137 Å². The summed E-state index contributed by atoms with van der Waals surface area (Å²) in [6.45, 7) is 19.6. The maximum absolute atomic E-state index is 12.7. The van der Waals surface area contributed by atoms with Gasteiger partial charge in [0, 0.05) is 151 Å². The average molecular weight is 1950 g/mol. The lowest BCUT2D eigenvalue weighted by molar-refractivity contribution is 0.260. The summed E-state index contributed by atoms with van der Waals surface area (Å²) in [5, 5.41) is 102. The molecule has 0 amide bonds. The van der Waals surface area contributed by atoms with Crippen molar-refractivity contribution in [3.05, 3.63) is 243 Å². The topological polar surface area (TPSA) is 339 Å². The Kier molecular flexibility index (Phi) is 40.7. The number of phenolic OH excluding ortho intramolecular Hbond substituents is 8. The molecule has 0 aliphatic heterocycles. The highest BCUT2D eigenvalue weighted by Gasteiger charge is 2.22. The molecular formula is C120H136N8O16. The third-order valence-electron chi connectivity index (χ3n) is 24.4. The monoisotopic (exact) mass is 1950 g/mol. The molecule has 0 atom stereocenters. The van der Waals surface area contributed by atoms with Crippen LogP contribution in [0, 0.1) is 0 Å². The van der Waals surface area contributed by atoms with Crippen LogP contribution in [0.5, 0.6) is 92.0 Å². The van der Waals surface area contributed by atoms with Gasteiger partial charge in [0.25, 0.3) is 0 Å². The fraction of sp³-hybridized carbons (Fsp3) is 0.333. The van der Waals surface area contributed by atoms with E-state index in [2.05, 4.69) is 55.4 Å². The summed E-state index contributed by atoms with van der Waals surface area (Å²) < 4.78 is 53.3. The second kappa shape index (κ2) is 55.3. The number of benzene rings is 12. The molecule has 16 rings (SSSR count). The van der Waals surface area contributed by atoms with Crippen LogP contribution < -0.4 is 37.9 Å². The lowest BCUT2D eigenvalue weighted by atomic mass is 10.0. The van der Waals surface area contributed by atoms with Gasteiger partial charge in [0.1, 0.15) is 23.0 Å². The molecule has 8 N–H and O–H groups in total. The minimum Gasteiger partial charge on any atom is -0.507 e. The Labute approximate surface area is 843 Å². The molecule has 4 aromatic heterocycles. The number of rotatable bonds is 44. The predicted molar refractivity (Wildman–Crippen MR) is 579 cm³/mol. The summed E-state index contributed by atoms with van der Waals surface area (Å²) in [6.07, 6.45) is 26.2. The molecule has 12 aromatic carbocycles. The number of aromatic nitrogens is 8. The average Bonchev–Trinajstić information content (AvgIpc) is 0.772. The first-order valence-electron chi connectivity index (χ1n) is 51.2. The van der Waals surface area contributed by atoms with E-state index in [9.17, 15) is 40.9 Å². The first-order valence-corrected chi connectivity index (χ1v) is 51.2. The maximum atomic E-state index is 12.7. The number of phenols is 8. The second-order valence-electron chi connectivity index (χ2n) is 35.6. The highest BCUT2D eigenvalue weighted by molar-refractivity contribution is 5.99. The van der Waals surface area contributed by atoms with E-state index < -0.39 is 23.0 Å². The Morgan fingerprint density at radius 1 is 0.188 bits per heavy atom. The van der Waals surface area contributed by atoms with Gasteiger partial charge in [-0.25, -0.2) is 19.9 Å². The largest absolute Gasteiger partial charge is 0.507 e. The molecule has 24 nitrogen and oxygen atoms in total. The van der Waals surface area contributed by atoms with Crippen molar-refractivity contribution in [2.75, 3.05) is 52.9 Å². The SMILES string of the molecule is CCCCCOc1cc2ncc3ccc(cnc4cc(OCCCCC)c(OCCCCC)cc4nc(-c4ccccc4)c4cc(c(O)cc4O)c(-c4ccccc4)nc4cc(OCCCCC)c(OCCCCC)cc4ncc4ccc(cnc5cc(OCCCCC)c(OCCCCC)cc5nc(-c5ccccc5)c5cc(c(O)cc5O)c(-c5ccccc5)nc2cc1OCCCCC)c(O)c4O)c(O)c3O. The van der Waals surface area contributed by atoms with Gasteiger partial charge in [-0.1, -0.05) is 279 Å². The van der Waals surface area contributed by atoms with Crippen LogP contribution in [-0.2, 0) is 0 Å².